The fourth-order valence-corrected chi connectivity index (χ4v) is 2.97. The molecular weight excluding hydrogens is 424 g/mol. The largest absolute Gasteiger partial charge is 0.493 e. The molecule has 2 N–H and O–H groups in total. The average Bonchev–Trinajstić information content (AvgIpc) is 3.27. The highest BCUT2D eigenvalue weighted by Crippen LogP contribution is 2.30. The number of hydrogen-bond donors (Lipinski definition) is 2. The van der Waals surface area contributed by atoms with Crippen molar-refractivity contribution < 1.29 is 19.0 Å². The van der Waals surface area contributed by atoms with Gasteiger partial charge in [-0.1, -0.05) is 0 Å². The molecule has 4 aromatic rings. The summed E-state index contributed by atoms with van der Waals surface area (Å²) in [6.07, 6.45) is 1.81. The molecule has 33 heavy (non-hydrogen) atoms. The van der Waals surface area contributed by atoms with Gasteiger partial charge in [0.25, 0.3) is 0 Å². The predicted octanol–water partition coefficient (Wildman–Crippen LogP) is 4.42. The van der Waals surface area contributed by atoms with E-state index in [4.69, 9.17) is 14.2 Å². The summed E-state index contributed by atoms with van der Waals surface area (Å²) in [4.78, 5) is 12.3. The Morgan fingerprint density at radius 1 is 0.848 bits per heavy atom. The molecule has 0 bridgehead atoms. The van der Waals surface area contributed by atoms with Crippen molar-refractivity contribution in [2.75, 3.05) is 24.9 Å². The van der Waals surface area contributed by atoms with Crippen LogP contribution in [0, 0.1) is 6.92 Å². The van der Waals surface area contributed by atoms with Gasteiger partial charge in [-0.3, -0.25) is 0 Å². The van der Waals surface area contributed by atoms with Gasteiger partial charge in [-0.05, 0) is 55.5 Å². The third-order valence-electron chi connectivity index (χ3n) is 4.56. The second-order valence-electron chi connectivity index (χ2n) is 6.91. The second-order valence-corrected chi connectivity index (χ2v) is 6.91. The number of carbonyl (C=O) groups excluding carboxylic acids is 1. The fraction of sp³-hybridized carbons (Fsp3) is 0.130. The number of aromatic nitrogens is 4. The van der Waals surface area contributed by atoms with Crippen LogP contribution in [0.1, 0.15) is 5.69 Å². The van der Waals surface area contributed by atoms with Gasteiger partial charge in [-0.15, -0.1) is 10.2 Å². The topological polar surface area (TPSA) is 112 Å². The highest BCUT2D eigenvalue weighted by Gasteiger charge is 2.08. The van der Waals surface area contributed by atoms with Crippen LogP contribution in [-0.2, 0) is 0 Å². The van der Waals surface area contributed by atoms with Gasteiger partial charge in [0, 0.05) is 29.7 Å². The number of amides is 2. The van der Waals surface area contributed by atoms with E-state index in [1.807, 2.05) is 19.2 Å². The van der Waals surface area contributed by atoms with Crippen LogP contribution in [0.4, 0.5) is 16.2 Å². The molecule has 0 aliphatic carbocycles. The first-order chi connectivity index (χ1) is 16.0. The number of rotatable bonds is 7. The van der Waals surface area contributed by atoms with E-state index in [0.717, 1.165) is 5.69 Å². The van der Waals surface area contributed by atoms with Gasteiger partial charge in [0.1, 0.15) is 5.75 Å². The summed E-state index contributed by atoms with van der Waals surface area (Å²) in [5.41, 5.74) is 2.05. The first kappa shape index (κ1) is 21.6. The van der Waals surface area contributed by atoms with Crippen molar-refractivity contribution in [3.63, 3.8) is 0 Å². The number of benzene rings is 2. The lowest BCUT2D eigenvalue weighted by Crippen LogP contribution is -2.19. The molecule has 0 aliphatic rings. The molecule has 10 heteroatoms. The number of ether oxygens (including phenoxy) is 3. The molecule has 0 spiro atoms. The summed E-state index contributed by atoms with van der Waals surface area (Å²) in [6.45, 7) is 1.90. The van der Waals surface area contributed by atoms with Gasteiger partial charge in [0.15, 0.2) is 17.3 Å². The fourth-order valence-electron chi connectivity index (χ4n) is 2.97. The number of nitrogens with one attached hydrogen (secondary N) is 2. The summed E-state index contributed by atoms with van der Waals surface area (Å²) in [5, 5.41) is 18.0. The molecule has 2 amide bonds. The zero-order valence-corrected chi connectivity index (χ0v) is 18.3. The van der Waals surface area contributed by atoms with Crippen LogP contribution < -0.4 is 24.8 Å². The molecule has 0 saturated carbocycles. The lowest BCUT2D eigenvalue weighted by atomic mass is 10.2. The lowest BCUT2D eigenvalue weighted by Gasteiger charge is -2.11. The van der Waals surface area contributed by atoms with Crippen molar-refractivity contribution in [3.05, 3.63) is 72.6 Å². The van der Waals surface area contributed by atoms with Gasteiger partial charge in [0.05, 0.1) is 19.9 Å². The Balaban J connectivity index is 1.34. The quantitative estimate of drug-likeness (QED) is 0.432. The number of nitrogens with zero attached hydrogens (tertiary/aromatic N) is 4. The first-order valence-corrected chi connectivity index (χ1v) is 9.98. The Morgan fingerprint density at radius 2 is 1.58 bits per heavy atom. The molecule has 2 heterocycles. The molecule has 0 radical (unpaired) electrons. The van der Waals surface area contributed by atoms with Crippen LogP contribution in [0.5, 0.6) is 23.1 Å². The number of carbonyl (C=O) groups is 1. The molecule has 0 aliphatic heterocycles. The number of methoxy groups -OCH3 is 2. The van der Waals surface area contributed by atoms with Gasteiger partial charge < -0.3 is 24.8 Å². The SMILES string of the molecule is COc1ccc(NC(=O)Nc2ccc(Oc3ccc(-n4ccc(C)n4)nn3)cc2)cc1OC. The van der Waals surface area contributed by atoms with Crippen molar-refractivity contribution in [1.82, 2.24) is 20.0 Å². The van der Waals surface area contributed by atoms with Crippen LogP contribution in [0.15, 0.2) is 66.9 Å². The third kappa shape index (κ3) is 5.37. The van der Waals surface area contributed by atoms with Crippen molar-refractivity contribution in [2.24, 2.45) is 0 Å². The summed E-state index contributed by atoms with van der Waals surface area (Å²) in [7, 11) is 3.08. The molecule has 2 aromatic carbocycles. The predicted molar refractivity (Wildman–Crippen MR) is 123 cm³/mol. The molecule has 0 fully saturated rings. The molecule has 0 saturated heterocycles. The molecular formula is C23H22N6O4. The highest BCUT2D eigenvalue weighted by molar-refractivity contribution is 5.99. The Hall–Kier alpha value is -4.60. The van der Waals surface area contributed by atoms with E-state index in [1.54, 1.807) is 66.4 Å². The van der Waals surface area contributed by atoms with Crippen molar-refractivity contribution in [2.45, 2.75) is 6.92 Å². The van der Waals surface area contributed by atoms with Crippen LogP contribution in [0.3, 0.4) is 0 Å². The molecule has 168 valence electrons. The van der Waals surface area contributed by atoms with E-state index in [2.05, 4.69) is 25.9 Å². The summed E-state index contributed by atoms with van der Waals surface area (Å²) in [6, 6.07) is 17.0. The maximum Gasteiger partial charge on any atom is 0.323 e. The summed E-state index contributed by atoms with van der Waals surface area (Å²) in [5.74, 6) is 2.59. The maximum atomic E-state index is 12.3. The maximum absolute atomic E-state index is 12.3. The number of anilines is 2. The normalized spacial score (nSPS) is 10.4. The first-order valence-electron chi connectivity index (χ1n) is 9.98. The minimum atomic E-state index is -0.397. The van der Waals surface area contributed by atoms with Crippen molar-refractivity contribution in [1.29, 1.82) is 0 Å². The standard InChI is InChI=1S/C23H22N6O4/c1-15-12-13-29(28-15)21-10-11-22(27-26-21)33-18-7-4-16(5-8-18)24-23(30)25-17-6-9-19(31-2)20(14-17)32-3/h4-14H,1-3H3,(H2,24,25,30). The van der Waals surface area contributed by atoms with Gasteiger partial charge >= 0.3 is 6.03 Å². The van der Waals surface area contributed by atoms with E-state index in [-0.39, 0.29) is 0 Å². The number of hydrogen-bond acceptors (Lipinski definition) is 7. The van der Waals surface area contributed by atoms with Gasteiger partial charge in [-0.25, -0.2) is 9.48 Å². The molecule has 0 atom stereocenters. The van der Waals surface area contributed by atoms with Crippen LogP contribution >= 0.6 is 0 Å². The lowest BCUT2D eigenvalue weighted by molar-refractivity contribution is 0.262. The van der Waals surface area contributed by atoms with Crippen molar-refractivity contribution >= 4 is 17.4 Å². The van der Waals surface area contributed by atoms with E-state index >= 15 is 0 Å². The molecule has 0 unspecified atom stereocenters. The summed E-state index contributed by atoms with van der Waals surface area (Å²) >= 11 is 0. The van der Waals surface area contributed by atoms with E-state index in [9.17, 15) is 4.79 Å². The van der Waals surface area contributed by atoms with Crippen LogP contribution in [0.25, 0.3) is 5.82 Å². The monoisotopic (exact) mass is 446 g/mol. The van der Waals surface area contributed by atoms with Crippen LogP contribution in [-0.4, -0.2) is 40.2 Å². The minimum Gasteiger partial charge on any atom is -0.493 e. The zero-order valence-electron chi connectivity index (χ0n) is 18.3. The average molecular weight is 446 g/mol. The smallest absolute Gasteiger partial charge is 0.323 e. The van der Waals surface area contributed by atoms with E-state index < -0.39 is 6.03 Å². The van der Waals surface area contributed by atoms with E-state index in [1.165, 1.54) is 7.11 Å². The minimum absolute atomic E-state index is 0.342. The third-order valence-corrected chi connectivity index (χ3v) is 4.56. The number of urea groups is 1. The van der Waals surface area contributed by atoms with Crippen molar-refractivity contribution in [3.8, 4) is 28.9 Å². The summed E-state index contributed by atoms with van der Waals surface area (Å²) < 4.78 is 17.8. The second kappa shape index (κ2) is 9.69. The Labute approximate surface area is 190 Å². The Morgan fingerprint density at radius 3 is 2.21 bits per heavy atom. The van der Waals surface area contributed by atoms with Gasteiger partial charge in [0.2, 0.25) is 5.88 Å². The zero-order chi connectivity index (χ0) is 23.2. The molecule has 4 rings (SSSR count). The Bertz CT molecular complexity index is 1240. The van der Waals surface area contributed by atoms with Gasteiger partial charge in [-0.2, -0.15) is 5.10 Å². The van der Waals surface area contributed by atoms with Crippen LogP contribution in [0.2, 0.25) is 0 Å². The molecule has 2 aromatic heterocycles. The Kier molecular flexibility index (Phi) is 6.35. The van der Waals surface area contributed by atoms with E-state index in [0.29, 0.717) is 40.3 Å². The molecule has 10 nitrogen and oxygen atoms in total. The number of aryl methyl sites for hydroxylation is 1. The highest BCUT2D eigenvalue weighted by atomic mass is 16.5.